The molecule has 4 amide bonds. The van der Waals surface area contributed by atoms with Crippen LogP contribution in [-0.4, -0.2) is 50.1 Å². The van der Waals surface area contributed by atoms with Crippen molar-refractivity contribution in [3.05, 3.63) is 24.3 Å². The van der Waals surface area contributed by atoms with E-state index in [9.17, 15) is 14.4 Å². The van der Waals surface area contributed by atoms with Gasteiger partial charge in [-0.3, -0.25) is 14.9 Å². The van der Waals surface area contributed by atoms with Crippen LogP contribution < -0.4 is 25.6 Å². The quantitative estimate of drug-likeness (QED) is 0.627. The third kappa shape index (κ3) is 6.44. The molecular formula is C20H30N4O4. The third-order valence-corrected chi connectivity index (χ3v) is 4.30. The second kappa shape index (κ2) is 10.5. The molecule has 0 saturated carbocycles. The van der Waals surface area contributed by atoms with Crippen molar-refractivity contribution in [2.75, 3.05) is 31.1 Å². The Morgan fingerprint density at radius 1 is 1.18 bits per heavy atom. The Balaban J connectivity index is 1.97. The van der Waals surface area contributed by atoms with E-state index in [1.807, 2.05) is 25.1 Å². The zero-order valence-electron chi connectivity index (χ0n) is 16.8. The van der Waals surface area contributed by atoms with Crippen LogP contribution in [0.2, 0.25) is 0 Å². The van der Waals surface area contributed by atoms with E-state index in [0.29, 0.717) is 24.8 Å². The Bertz CT molecular complexity index is 693. The summed E-state index contributed by atoms with van der Waals surface area (Å²) in [4.78, 5) is 38.3. The molecular weight excluding hydrogens is 360 g/mol. The number of carbonyl (C=O) groups is 3. The molecule has 0 unspecified atom stereocenters. The predicted octanol–water partition coefficient (Wildman–Crippen LogP) is 1.65. The largest absolute Gasteiger partial charge is 0.477 e. The molecule has 1 heterocycles. The van der Waals surface area contributed by atoms with Gasteiger partial charge < -0.3 is 20.3 Å². The number of benzene rings is 1. The number of para-hydroxylation sites is 2. The van der Waals surface area contributed by atoms with Crippen molar-refractivity contribution in [2.45, 2.75) is 39.7 Å². The van der Waals surface area contributed by atoms with E-state index in [4.69, 9.17) is 4.74 Å². The van der Waals surface area contributed by atoms with Crippen LogP contribution in [-0.2, 0) is 9.59 Å². The number of anilines is 1. The molecule has 154 valence electrons. The summed E-state index contributed by atoms with van der Waals surface area (Å²) in [6.45, 7) is 7.36. The molecule has 1 atom stereocenters. The van der Waals surface area contributed by atoms with Crippen molar-refractivity contribution in [1.29, 1.82) is 0 Å². The molecule has 0 aliphatic carbocycles. The predicted molar refractivity (Wildman–Crippen MR) is 107 cm³/mol. The first-order chi connectivity index (χ1) is 13.4. The number of carbonyl (C=O) groups excluding carboxylic acids is 3. The molecule has 0 saturated heterocycles. The third-order valence-electron chi connectivity index (χ3n) is 4.30. The topological polar surface area (TPSA) is 99.8 Å². The smallest absolute Gasteiger partial charge is 0.321 e. The van der Waals surface area contributed by atoms with Crippen molar-refractivity contribution in [3.8, 4) is 5.75 Å². The molecule has 1 aromatic rings. The van der Waals surface area contributed by atoms with Gasteiger partial charge in [-0.15, -0.1) is 0 Å². The Kier molecular flexibility index (Phi) is 8.10. The number of urea groups is 1. The van der Waals surface area contributed by atoms with Gasteiger partial charge in [-0.2, -0.15) is 0 Å². The standard InChI is InChI=1S/C20H30N4O4/c1-4-10-21-19(26)17-12-24(15-7-5-6-8-16(15)28-17)13-18(25)23-20(27)22-11-9-14(2)3/h5-8,14,17H,4,9-13H2,1-3H3,(H,21,26)(H2,22,23,25,27)/t17-/m0/s1. The highest BCUT2D eigenvalue weighted by molar-refractivity contribution is 5.97. The van der Waals surface area contributed by atoms with Gasteiger partial charge in [0.25, 0.3) is 5.91 Å². The Hall–Kier alpha value is -2.77. The van der Waals surface area contributed by atoms with Crippen LogP contribution in [0.25, 0.3) is 0 Å². The average molecular weight is 390 g/mol. The average Bonchev–Trinajstić information content (AvgIpc) is 2.65. The molecule has 0 aromatic heterocycles. The fourth-order valence-electron chi connectivity index (χ4n) is 2.81. The van der Waals surface area contributed by atoms with Crippen LogP contribution in [0.5, 0.6) is 5.75 Å². The molecule has 2 rings (SSSR count). The van der Waals surface area contributed by atoms with E-state index in [0.717, 1.165) is 18.5 Å². The van der Waals surface area contributed by atoms with Crippen LogP contribution in [0.1, 0.15) is 33.6 Å². The van der Waals surface area contributed by atoms with Crippen molar-refractivity contribution in [3.63, 3.8) is 0 Å². The molecule has 8 nitrogen and oxygen atoms in total. The van der Waals surface area contributed by atoms with Crippen molar-refractivity contribution in [2.24, 2.45) is 5.92 Å². The minimum absolute atomic E-state index is 0.0461. The number of fused-ring (bicyclic) bond motifs is 1. The molecule has 0 spiro atoms. The van der Waals surface area contributed by atoms with Crippen LogP contribution in [0.4, 0.5) is 10.5 Å². The van der Waals surface area contributed by atoms with E-state index in [1.165, 1.54) is 0 Å². The van der Waals surface area contributed by atoms with Gasteiger partial charge >= 0.3 is 6.03 Å². The van der Waals surface area contributed by atoms with Crippen molar-refractivity contribution < 1.29 is 19.1 Å². The maximum atomic E-state index is 12.3. The molecule has 0 fully saturated rings. The highest BCUT2D eigenvalue weighted by Crippen LogP contribution is 2.32. The molecule has 1 aliphatic heterocycles. The molecule has 0 bridgehead atoms. The maximum absolute atomic E-state index is 12.3. The van der Waals surface area contributed by atoms with E-state index in [-0.39, 0.29) is 19.0 Å². The van der Waals surface area contributed by atoms with Gasteiger partial charge in [0, 0.05) is 13.1 Å². The Morgan fingerprint density at radius 2 is 1.93 bits per heavy atom. The van der Waals surface area contributed by atoms with Gasteiger partial charge in [-0.1, -0.05) is 32.9 Å². The lowest BCUT2D eigenvalue weighted by Crippen LogP contribution is -2.52. The van der Waals surface area contributed by atoms with Crippen LogP contribution in [0.3, 0.4) is 0 Å². The Morgan fingerprint density at radius 3 is 2.64 bits per heavy atom. The number of hydrogen-bond acceptors (Lipinski definition) is 5. The monoisotopic (exact) mass is 390 g/mol. The zero-order valence-corrected chi connectivity index (χ0v) is 16.8. The first kappa shape index (κ1) is 21.5. The van der Waals surface area contributed by atoms with Crippen LogP contribution >= 0.6 is 0 Å². The number of rotatable bonds is 8. The SMILES string of the molecule is CCCNC(=O)[C@@H]1CN(CC(=O)NC(=O)NCCC(C)C)c2ccccc2O1. The minimum Gasteiger partial charge on any atom is -0.477 e. The number of amides is 4. The number of nitrogens with zero attached hydrogens (tertiary/aromatic N) is 1. The zero-order chi connectivity index (χ0) is 20.5. The number of imide groups is 1. The summed E-state index contributed by atoms with van der Waals surface area (Å²) in [7, 11) is 0. The molecule has 3 N–H and O–H groups in total. The van der Waals surface area contributed by atoms with Crippen LogP contribution in [0, 0.1) is 5.92 Å². The highest BCUT2D eigenvalue weighted by Gasteiger charge is 2.31. The van der Waals surface area contributed by atoms with E-state index < -0.39 is 18.0 Å². The van der Waals surface area contributed by atoms with Gasteiger partial charge in [0.15, 0.2) is 6.10 Å². The molecule has 0 radical (unpaired) electrons. The van der Waals surface area contributed by atoms with Gasteiger partial charge in [0.2, 0.25) is 5.91 Å². The fraction of sp³-hybridized carbons (Fsp3) is 0.550. The second-order valence-corrected chi connectivity index (χ2v) is 7.23. The molecule has 8 heteroatoms. The summed E-state index contributed by atoms with van der Waals surface area (Å²) in [5.41, 5.74) is 0.720. The summed E-state index contributed by atoms with van der Waals surface area (Å²) in [6, 6.07) is 6.72. The summed E-state index contributed by atoms with van der Waals surface area (Å²) >= 11 is 0. The van der Waals surface area contributed by atoms with Gasteiger partial charge in [-0.25, -0.2) is 4.79 Å². The summed E-state index contributed by atoms with van der Waals surface area (Å²) < 4.78 is 5.79. The summed E-state index contributed by atoms with van der Waals surface area (Å²) in [5, 5.41) is 7.83. The van der Waals surface area contributed by atoms with Gasteiger partial charge in [0.05, 0.1) is 18.8 Å². The number of hydrogen-bond donors (Lipinski definition) is 3. The highest BCUT2D eigenvalue weighted by atomic mass is 16.5. The first-order valence-corrected chi connectivity index (χ1v) is 9.76. The lowest BCUT2D eigenvalue weighted by atomic mass is 10.1. The number of nitrogens with one attached hydrogen (secondary N) is 3. The van der Waals surface area contributed by atoms with Gasteiger partial charge in [-0.05, 0) is 30.9 Å². The van der Waals surface area contributed by atoms with E-state index >= 15 is 0 Å². The summed E-state index contributed by atoms with van der Waals surface area (Å²) in [5.74, 6) is 0.357. The Labute approximate surface area is 166 Å². The van der Waals surface area contributed by atoms with Crippen molar-refractivity contribution in [1.82, 2.24) is 16.0 Å². The lowest BCUT2D eigenvalue weighted by molar-refractivity contribution is -0.128. The van der Waals surface area contributed by atoms with E-state index in [2.05, 4.69) is 29.8 Å². The van der Waals surface area contributed by atoms with E-state index in [1.54, 1.807) is 11.0 Å². The first-order valence-electron chi connectivity index (χ1n) is 9.76. The molecule has 28 heavy (non-hydrogen) atoms. The molecule has 1 aliphatic rings. The summed E-state index contributed by atoms with van der Waals surface area (Å²) in [6.07, 6.45) is 0.953. The fourth-order valence-corrected chi connectivity index (χ4v) is 2.81. The lowest BCUT2D eigenvalue weighted by Gasteiger charge is -2.35. The maximum Gasteiger partial charge on any atom is 0.321 e. The van der Waals surface area contributed by atoms with Crippen LogP contribution in [0.15, 0.2) is 24.3 Å². The second-order valence-electron chi connectivity index (χ2n) is 7.23. The van der Waals surface area contributed by atoms with Gasteiger partial charge in [0.1, 0.15) is 5.75 Å². The minimum atomic E-state index is -0.714. The van der Waals surface area contributed by atoms with Crippen molar-refractivity contribution >= 4 is 23.5 Å². The molecule has 1 aromatic carbocycles. The normalized spacial score (nSPS) is 15.4. The number of ether oxygens (including phenoxy) is 1.